The molecular formula is C7H6N2OS. The largest absolute Gasteiger partial charge is 0.291 e. The Kier molecular flexibility index (Phi) is 1.48. The van der Waals surface area contributed by atoms with E-state index in [1.807, 2.05) is 17.5 Å². The van der Waals surface area contributed by atoms with Gasteiger partial charge >= 0.3 is 0 Å². The second kappa shape index (κ2) is 2.48. The highest BCUT2D eigenvalue weighted by Crippen LogP contribution is 2.27. The van der Waals surface area contributed by atoms with Crippen LogP contribution in [0, 0.1) is 0 Å². The Morgan fingerprint density at radius 2 is 2.45 bits per heavy atom. The van der Waals surface area contributed by atoms with Gasteiger partial charge in [-0.15, -0.1) is 11.3 Å². The molecule has 2 N–H and O–H groups in total. The summed E-state index contributed by atoms with van der Waals surface area (Å²) in [5.74, 6) is 0. The Balaban J connectivity index is 2.76. The molecule has 0 radical (unpaired) electrons. The smallest absolute Gasteiger partial charge is 0.125 e. The number of rotatable bonds is 1. The van der Waals surface area contributed by atoms with Crippen LogP contribution >= 0.6 is 11.3 Å². The molecular weight excluding hydrogens is 160 g/mol. The van der Waals surface area contributed by atoms with Gasteiger partial charge in [-0.1, -0.05) is 0 Å². The summed E-state index contributed by atoms with van der Waals surface area (Å²) in [5.41, 5.74) is 2.84. The summed E-state index contributed by atoms with van der Waals surface area (Å²) in [7, 11) is 0. The highest BCUT2D eigenvalue weighted by Gasteiger charge is 2.00. The second-order valence-electron chi connectivity index (χ2n) is 2.12. The lowest BCUT2D eigenvalue weighted by Crippen LogP contribution is -1.85. The van der Waals surface area contributed by atoms with Crippen molar-refractivity contribution in [2.75, 3.05) is 5.48 Å². The van der Waals surface area contributed by atoms with E-state index in [1.165, 1.54) is 11.3 Å². The monoisotopic (exact) mass is 166 g/mol. The summed E-state index contributed by atoms with van der Waals surface area (Å²) in [6.45, 7) is 0. The number of anilines is 1. The number of aromatic nitrogens is 1. The van der Waals surface area contributed by atoms with Crippen molar-refractivity contribution in [1.29, 1.82) is 0 Å². The van der Waals surface area contributed by atoms with Crippen LogP contribution in [0.5, 0.6) is 0 Å². The molecule has 0 aliphatic carbocycles. The van der Waals surface area contributed by atoms with Crippen LogP contribution in [0.15, 0.2) is 23.7 Å². The van der Waals surface area contributed by atoms with E-state index < -0.39 is 0 Å². The zero-order valence-corrected chi connectivity index (χ0v) is 6.43. The van der Waals surface area contributed by atoms with Gasteiger partial charge in [0.25, 0.3) is 0 Å². The van der Waals surface area contributed by atoms with Gasteiger partial charge in [0.15, 0.2) is 0 Å². The normalized spacial score (nSPS) is 10.3. The Morgan fingerprint density at radius 1 is 1.55 bits per heavy atom. The quantitative estimate of drug-likeness (QED) is 0.637. The maximum absolute atomic E-state index is 8.65. The zero-order valence-electron chi connectivity index (χ0n) is 5.61. The van der Waals surface area contributed by atoms with E-state index in [9.17, 15) is 0 Å². The lowest BCUT2D eigenvalue weighted by molar-refractivity contribution is 0.390. The Hall–Kier alpha value is -1.13. The van der Waals surface area contributed by atoms with Crippen LogP contribution < -0.4 is 5.48 Å². The molecule has 0 spiro atoms. The van der Waals surface area contributed by atoms with E-state index in [0.717, 1.165) is 15.9 Å². The third-order valence-electron chi connectivity index (χ3n) is 1.47. The summed E-state index contributed by atoms with van der Waals surface area (Å²) in [4.78, 5) is 5.05. The second-order valence-corrected chi connectivity index (χ2v) is 2.98. The van der Waals surface area contributed by atoms with E-state index in [2.05, 4.69) is 10.5 Å². The SMILES string of the molecule is ONc1csc2ncccc12. The van der Waals surface area contributed by atoms with Crippen molar-refractivity contribution < 1.29 is 5.21 Å². The van der Waals surface area contributed by atoms with Crippen LogP contribution in [-0.2, 0) is 0 Å². The maximum atomic E-state index is 8.65. The fraction of sp³-hybridized carbons (Fsp3) is 0. The lowest BCUT2D eigenvalue weighted by Gasteiger charge is -1.92. The predicted molar refractivity (Wildman–Crippen MR) is 45.0 cm³/mol. The van der Waals surface area contributed by atoms with Crippen LogP contribution in [0.1, 0.15) is 0 Å². The average molecular weight is 166 g/mol. The molecule has 0 aliphatic rings. The molecule has 0 saturated heterocycles. The fourth-order valence-corrected chi connectivity index (χ4v) is 1.79. The molecule has 0 amide bonds. The van der Waals surface area contributed by atoms with Gasteiger partial charge in [-0.3, -0.25) is 10.7 Å². The molecule has 2 aromatic heterocycles. The molecule has 0 bridgehead atoms. The third-order valence-corrected chi connectivity index (χ3v) is 2.37. The van der Waals surface area contributed by atoms with Crippen molar-refractivity contribution in [3.8, 4) is 0 Å². The molecule has 2 aromatic rings. The third kappa shape index (κ3) is 0.961. The first-order chi connectivity index (χ1) is 5.42. The summed E-state index contributed by atoms with van der Waals surface area (Å²) in [6, 6.07) is 3.76. The zero-order chi connectivity index (χ0) is 7.68. The highest BCUT2D eigenvalue weighted by molar-refractivity contribution is 7.17. The van der Waals surface area contributed by atoms with Crippen molar-refractivity contribution in [3.05, 3.63) is 23.7 Å². The molecule has 2 rings (SSSR count). The number of fused-ring (bicyclic) bond motifs is 1. The number of pyridine rings is 1. The van der Waals surface area contributed by atoms with E-state index >= 15 is 0 Å². The summed E-state index contributed by atoms with van der Waals surface area (Å²) in [5, 5.41) is 11.4. The summed E-state index contributed by atoms with van der Waals surface area (Å²) in [6.07, 6.45) is 1.74. The number of hydrogen-bond donors (Lipinski definition) is 2. The molecule has 11 heavy (non-hydrogen) atoms. The first kappa shape index (κ1) is 6.57. The molecule has 0 aliphatic heterocycles. The van der Waals surface area contributed by atoms with E-state index in [4.69, 9.17) is 5.21 Å². The standard InChI is InChI=1S/C7H6N2OS/c10-9-6-4-11-7-5(6)2-1-3-8-7/h1-4,9-10H. The van der Waals surface area contributed by atoms with Crippen LogP contribution in [0.4, 0.5) is 5.69 Å². The molecule has 0 unspecified atom stereocenters. The molecule has 3 nitrogen and oxygen atoms in total. The van der Waals surface area contributed by atoms with Crippen LogP contribution in [0.25, 0.3) is 10.2 Å². The first-order valence-electron chi connectivity index (χ1n) is 3.14. The molecule has 0 aromatic carbocycles. The highest BCUT2D eigenvalue weighted by atomic mass is 32.1. The Labute approximate surface area is 67.3 Å². The minimum Gasteiger partial charge on any atom is -0.291 e. The van der Waals surface area contributed by atoms with Gasteiger partial charge in [0.2, 0.25) is 0 Å². The van der Waals surface area contributed by atoms with Gasteiger partial charge in [0.1, 0.15) is 4.83 Å². The lowest BCUT2D eigenvalue weighted by atomic mass is 10.3. The van der Waals surface area contributed by atoms with Crippen LogP contribution in [-0.4, -0.2) is 10.2 Å². The molecule has 2 heterocycles. The Bertz CT molecular complexity index is 371. The molecule has 0 fully saturated rings. The van der Waals surface area contributed by atoms with Crippen molar-refractivity contribution in [2.45, 2.75) is 0 Å². The van der Waals surface area contributed by atoms with Crippen molar-refractivity contribution in [3.63, 3.8) is 0 Å². The van der Waals surface area contributed by atoms with Crippen molar-refractivity contribution in [2.24, 2.45) is 0 Å². The van der Waals surface area contributed by atoms with Gasteiger partial charge in [0, 0.05) is 17.0 Å². The number of thiophene rings is 1. The van der Waals surface area contributed by atoms with Gasteiger partial charge in [-0.2, -0.15) is 0 Å². The van der Waals surface area contributed by atoms with Gasteiger partial charge < -0.3 is 0 Å². The number of hydrogen-bond acceptors (Lipinski definition) is 4. The topological polar surface area (TPSA) is 45.1 Å². The fourth-order valence-electron chi connectivity index (χ4n) is 0.955. The van der Waals surface area contributed by atoms with E-state index in [-0.39, 0.29) is 0 Å². The number of nitrogens with one attached hydrogen (secondary N) is 1. The van der Waals surface area contributed by atoms with Gasteiger partial charge in [-0.05, 0) is 12.1 Å². The minimum atomic E-state index is 0.720. The average Bonchev–Trinajstić information content (AvgIpc) is 2.47. The van der Waals surface area contributed by atoms with Gasteiger partial charge in [0.05, 0.1) is 5.69 Å². The van der Waals surface area contributed by atoms with Crippen molar-refractivity contribution in [1.82, 2.24) is 4.98 Å². The summed E-state index contributed by atoms with van der Waals surface area (Å²) >= 11 is 1.50. The number of nitrogens with zero attached hydrogens (tertiary/aromatic N) is 1. The summed E-state index contributed by atoms with van der Waals surface area (Å²) < 4.78 is 0. The maximum Gasteiger partial charge on any atom is 0.125 e. The molecule has 0 saturated carbocycles. The van der Waals surface area contributed by atoms with Crippen molar-refractivity contribution >= 4 is 27.2 Å². The minimum absolute atomic E-state index is 0.720. The molecule has 4 heteroatoms. The predicted octanol–water partition coefficient (Wildman–Crippen LogP) is 2.10. The van der Waals surface area contributed by atoms with E-state index in [0.29, 0.717) is 0 Å². The first-order valence-corrected chi connectivity index (χ1v) is 4.02. The molecule has 0 atom stereocenters. The van der Waals surface area contributed by atoms with Gasteiger partial charge in [-0.25, -0.2) is 4.98 Å². The Morgan fingerprint density at radius 3 is 3.27 bits per heavy atom. The van der Waals surface area contributed by atoms with Crippen LogP contribution in [0.2, 0.25) is 0 Å². The molecule has 56 valence electrons. The van der Waals surface area contributed by atoms with Crippen LogP contribution in [0.3, 0.4) is 0 Å². The van der Waals surface area contributed by atoms with E-state index in [1.54, 1.807) is 6.20 Å².